The van der Waals surface area contributed by atoms with Crippen molar-refractivity contribution >= 4 is 168 Å². The average molecular weight is 1750 g/mol. The molecule has 26 aromatic rings. The largest absolute Gasteiger partial charge is 0.309 e. The molecule has 9 aromatic heterocycles. The summed E-state index contributed by atoms with van der Waals surface area (Å²) >= 11 is 5.65. The van der Waals surface area contributed by atoms with Gasteiger partial charge in [0.2, 0.25) is 17.8 Å². The molecule has 2 aliphatic rings. The second kappa shape index (κ2) is 32.2. The number of fused-ring (bicyclic) bond motifs is 23. The van der Waals surface area contributed by atoms with Crippen LogP contribution in [-0.4, -0.2) is 49.6 Å². The van der Waals surface area contributed by atoms with Crippen molar-refractivity contribution in [1.82, 2.24) is 43.6 Å². The number of benzene rings is 17. The van der Waals surface area contributed by atoms with E-state index in [9.17, 15) is 0 Å². The molecule has 624 valence electrons. The Bertz CT molecular complexity index is 8960. The summed E-state index contributed by atoms with van der Waals surface area (Å²) in [5.41, 5.74) is 26.4. The van der Waals surface area contributed by atoms with Crippen LogP contribution in [0.4, 0.5) is 11.6 Å². The predicted molar refractivity (Wildman–Crippen MR) is 558 cm³/mol. The van der Waals surface area contributed by atoms with Gasteiger partial charge in [-0.2, -0.15) is 0 Å². The van der Waals surface area contributed by atoms with Gasteiger partial charge in [-0.15, -0.1) is 34.0 Å². The normalized spacial score (nSPS) is 13.4. The Morgan fingerprint density at radius 1 is 0.248 bits per heavy atom. The molecule has 1 aliphatic heterocycles. The van der Waals surface area contributed by atoms with Gasteiger partial charge in [0.1, 0.15) is 0 Å². The van der Waals surface area contributed by atoms with Crippen molar-refractivity contribution in [3.05, 3.63) is 459 Å². The van der Waals surface area contributed by atoms with E-state index in [4.69, 9.17) is 29.9 Å². The van der Waals surface area contributed by atoms with Gasteiger partial charge in [-0.1, -0.05) is 346 Å². The van der Waals surface area contributed by atoms with Crippen LogP contribution in [0.15, 0.2) is 443 Å². The van der Waals surface area contributed by atoms with Crippen LogP contribution in [0.25, 0.3) is 218 Å². The number of rotatable bonds is 11. The van der Waals surface area contributed by atoms with Crippen molar-refractivity contribution in [1.29, 1.82) is 0 Å². The maximum absolute atomic E-state index is 5.29. The van der Waals surface area contributed by atoms with Crippen molar-refractivity contribution in [2.75, 3.05) is 4.90 Å². The summed E-state index contributed by atoms with van der Waals surface area (Å²) in [6.45, 7) is 0. The zero-order valence-corrected chi connectivity index (χ0v) is 74.0. The minimum absolute atomic E-state index is 0.0613. The molecule has 0 saturated carbocycles. The van der Waals surface area contributed by atoms with Crippen LogP contribution in [0, 0.1) is 0 Å². The summed E-state index contributed by atoms with van der Waals surface area (Å²) < 4.78 is 13.4. The highest BCUT2D eigenvalue weighted by molar-refractivity contribution is 7.27. The van der Waals surface area contributed by atoms with Crippen LogP contribution in [0.2, 0.25) is 0 Å². The predicted octanol–water partition coefficient (Wildman–Crippen LogP) is 32.0. The first-order valence-corrected chi connectivity index (χ1v) is 47.3. The van der Waals surface area contributed by atoms with Crippen molar-refractivity contribution < 1.29 is 0 Å². The molecule has 133 heavy (non-hydrogen) atoms. The lowest BCUT2D eigenvalue weighted by Crippen LogP contribution is -2.31. The Hall–Kier alpha value is -16.7. The smallest absolute Gasteiger partial charge is 0.235 e. The van der Waals surface area contributed by atoms with Gasteiger partial charge in [-0.3, -0.25) is 9.13 Å². The summed E-state index contributed by atoms with van der Waals surface area (Å²) in [5.74, 6) is 2.24. The molecule has 2 atom stereocenters. The number of aromatic nitrogens is 9. The van der Waals surface area contributed by atoms with E-state index in [-0.39, 0.29) is 12.0 Å². The summed E-state index contributed by atoms with van der Waals surface area (Å²) in [6.07, 6.45) is 6.57. The van der Waals surface area contributed by atoms with E-state index in [1.807, 2.05) is 70.5 Å². The van der Waals surface area contributed by atoms with E-state index in [0.717, 1.165) is 90.0 Å². The molecule has 0 N–H and O–H groups in total. The number of hydrogen-bond acceptors (Lipinski definition) is 10. The van der Waals surface area contributed by atoms with Gasteiger partial charge in [-0.25, -0.2) is 29.9 Å². The molecule has 0 fully saturated rings. The highest BCUT2D eigenvalue weighted by Gasteiger charge is 2.44. The Balaban J connectivity index is 0.000000104. The first-order valence-electron chi connectivity index (χ1n) is 44.9. The van der Waals surface area contributed by atoms with E-state index in [1.54, 1.807) is 0 Å². The van der Waals surface area contributed by atoms with Crippen LogP contribution in [0.1, 0.15) is 21.9 Å². The average Bonchev–Trinajstić information content (AvgIpc) is 1.56. The number of anilines is 2. The number of hydrogen-bond donors (Lipinski definition) is 0. The van der Waals surface area contributed by atoms with Crippen LogP contribution < -0.4 is 4.90 Å². The highest BCUT2D eigenvalue weighted by Crippen LogP contribution is 2.56. The first kappa shape index (κ1) is 77.5. The standard InChI is InChI=1S/C40H24N4S.C40H27N3S.C40H25N3S/c1-5-16-33-27(12-1)28-13-2-6-17-34(28)43(33)26-11-9-10-25(24-26)32-22-23-41-40(42-32)44-35-18-7-3-15-31(35)38-36(44)21-20-30-29-14-4-8-19-37(29)45-39(30)38;1-4-12-26(13-5-1)29-20-21-32-36(24-29)43(35-23-22-31-30-18-10-11-19-37(30)44-39(31)38(32)35)40-41-33(27-14-6-2-7-15-27)25-34(42-40)28-16-8-3-9-17-28;1-3-12-26(13-4-1)34-25-35(27-14-5-2-6-15-27)42-40(41-34)43-36-20-9-7-16-30(36)33-24-28(22-23-37(33)43)29-18-11-19-32-31-17-8-10-21-38(31)44-39(29)32/h1-24H;1-25,35,38H;1-25H. The first-order chi connectivity index (χ1) is 66.0. The minimum atomic E-state index is 0.0613. The van der Waals surface area contributed by atoms with Gasteiger partial charge in [0, 0.05) is 134 Å². The summed E-state index contributed by atoms with van der Waals surface area (Å²) in [4.78, 5) is 34.8. The van der Waals surface area contributed by atoms with Crippen molar-refractivity contribution in [3.63, 3.8) is 0 Å². The summed E-state index contributed by atoms with van der Waals surface area (Å²) in [5, 5.41) is 13.9. The quantitative estimate of drug-likeness (QED) is 0.127. The topological polar surface area (TPSA) is 95.4 Å². The molecule has 1 aliphatic carbocycles. The zero-order valence-electron chi connectivity index (χ0n) is 71.6. The number of nitrogens with zero attached hydrogens (tertiary/aromatic N) is 10. The van der Waals surface area contributed by atoms with E-state index >= 15 is 0 Å². The lowest BCUT2D eigenvalue weighted by atomic mass is 9.86. The third-order valence-electron chi connectivity index (χ3n) is 26.3. The third kappa shape index (κ3) is 13.2. The molecule has 28 rings (SSSR count). The Morgan fingerprint density at radius 3 is 1.29 bits per heavy atom. The fraction of sp³-hybridized carbons (Fsp3) is 0.0167. The zero-order chi connectivity index (χ0) is 87.6. The fourth-order valence-electron chi connectivity index (χ4n) is 20.2. The van der Waals surface area contributed by atoms with Crippen molar-refractivity contribution in [2.45, 2.75) is 12.0 Å². The number of thiophene rings is 3. The molecule has 0 spiro atoms. The Kier molecular flexibility index (Phi) is 18.8. The molecular formula is C120H76N10S3. The molecular weight excluding hydrogens is 1680 g/mol. The van der Waals surface area contributed by atoms with Crippen LogP contribution in [0.5, 0.6) is 0 Å². The van der Waals surface area contributed by atoms with Gasteiger partial charge in [-0.05, 0) is 136 Å². The van der Waals surface area contributed by atoms with Gasteiger partial charge >= 0.3 is 0 Å². The van der Waals surface area contributed by atoms with E-state index in [2.05, 4.69) is 431 Å². The monoisotopic (exact) mass is 1750 g/mol. The van der Waals surface area contributed by atoms with Crippen LogP contribution >= 0.6 is 34.0 Å². The maximum atomic E-state index is 5.29. The lowest BCUT2D eigenvalue weighted by Gasteiger charge is -2.29. The van der Waals surface area contributed by atoms with Gasteiger partial charge < -0.3 is 9.47 Å². The van der Waals surface area contributed by atoms with E-state index < -0.39 is 0 Å². The lowest BCUT2D eigenvalue weighted by molar-refractivity contribution is 0.723. The fourth-order valence-corrected chi connectivity index (χ4v) is 24.1. The van der Waals surface area contributed by atoms with Crippen LogP contribution in [-0.2, 0) is 0 Å². The molecule has 17 aromatic carbocycles. The SMILES string of the molecule is C1=CC2C(c3ccc(-c4ccccc4)cc3N2c2nc(-c3ccccc3)cc(-c3ccccc3)n2)c2sc3ccccc3c21.c1cc(-c2ccnc(-n3c4ccccc4c4c5sc6ccccc6c5ccc43)n2)cc(-n2c3ccccc3c3ccccc32)c1.c1ccc(-c2cc(-c3ccccc3)nc(-n3c4ccccc4c4cc(-c5cccc6c5sc5ccccc56)ccc43)n2)cc1. The van der Waals surface area contributed by atoms with E-state index in [0.29, 0.717) is 11.9 Å². The Morgan fingerprint density at radius 2 is 0.684 bits per heavy atom. The molecule has 13 heteroatoms. The summed E-state index contributed by atoms with van der Waals surface area (Å²) in [6, 6.07) is 153. The molecule has 0 saturated heterocycles. The second-order valence-corrected chi connectivity index (χ2v) is 37.1. The van der Waals surface area contributed by atoms with Gasteiger partial charge in [0.25, 0.3) is 0 Å². The highest BCUT2D eigenvalue weighted by atomic mass is 32.1. The molecule has 0 amide bonds. The van der Waals surface area contributed by atoms with E-state index in [1.165, 1.54) is 138 Å². The molecule has 10 heterocycles. The Labute approximate surface area is 777 Å². The molecule has 2 unspecified atom stereocenters. The second-order valence-electron chi connectivity index (χ2n) is 33.9. The van der Waals surface area contributed by atoms with Crippen molar-refractivity contribution in [2.24, 2.45) is 0 Å². The minimum Gasteiger partial charge on any atom is -0.309 e. The maximum Gasteiger partial charge on any atom is 0.235 e. The summed E-state index contributed by atoms with van der Waals surface area (Å²) in [7, 11) is 0. The third-order valence-corrected chi connectivity index (χ3v) is 30.0. The van der Waals surface area contributed by atoms with Crippen molar-refractivity contribution in [3.8, 4) is 96.1 Å². The molecule has 10 nitrogen and oxygen atoms in total. The van der Waals surface area contributed by atoms with Crippen LogP contribution in [0.3, 0.4) is 0 Å². The van der Waals surface area contributed by atoms with Gasteiger partial charge in [0.05, 0.1) is 67.6 Å². The molecule has 0 radical (unpaired) electrons. The van der Waals surface area contributed by atoms with Gasteiger partial charge in [0.15, 0.2) is 0 Å². The number of para-hydroxylation sites is 4. The molecule has 0 bridgehead atoms.